The van der Waals surface area contributed by atoms with E-state index in [1.807, 2.05) is 0 Å². The van der Waals surface area contributed by atoms with Gasteiger partial charge in [0.1, 0.15) is 34.5 Å². The molecule has 2 aromatic carbocycles. The van der Waals surface area contributed by atoms with Crippen molar-refractivity contribution in [2.24, 2.45) is 5.92 Å². The molecule has 0 amide bonds. The van der Waals surface area contributed by atoms with Crippen molar-refractivity contribution in [3.05, 3.63) is 96.1 Å². The van der Waals surface area contributed by atoms with E-state index in [-0.39, 0.29) is 88.2 Å². The fraction of sp³-hybridized carbons (Fsp3) is 0.487. The van der Waals surface area contributed by atoms with Gasteiger partial charge in [-0.3, -0.25) is 23.6 Å². The number of hydrogen-bond acceptors (Lipinski definition) is 7. The minimum atomic E-state index is -1.00. The molecule has 1 unspecified atom stereocenters. The van der Waals surface area contributed by atoms with Crippen LogP contribution in [0.1, 0.15) is 110 Å². The summed E-state index contributed by atoms with van der Waals surface area (Å²) in [4.78, 5) is 47.3. The van der Waals surface area contributed by atoms with Crippen LogP contribution >= 0.6 is 15.9 Å². The van der Waals surface area contributed by atoms with Gasteiger partial charge in [-0.05, 0) is 84.4 Å². The summed E-state index contributed by atoms with van der Waals surface area (Å²) in [5, 5.41) is 11.0. The van der Waals surface area contributed by atoms with E-state index in [4.69, 9.17) is 10.8 Å². The largest absolute Gasteiger partial charge is 1.00 e. The maximum absolute atomic E-state index is 13.7. The van der Waals surface area contributed by atoms with E-state index in [0.717, 1.165) is 41.7 Å². The van der Waals surface area contributed by atoms with E-state index in [9.17, 15) is 46.2 Å². The molecule has 1 atom stereocenters. The summed E-state index contributed by atoms with van der Waals surface area (Å²) in [7, 11) is -1.00. The Morgan fingerprint density at radius 3 is 1.55 bits per heavy atom. The number of carbonyl (C=O) groups excluding carboxylic acids is 4. The Bertz CT molecular complexity index is 1450. The molecule has 0 saturated heterocycles. The molecule has 0 aliphatic carbocycles. The Kier molecular flexibility index (Phi) is 30.5. The van der Waals surface area contributed by atoms with Gasteiger partial charge in [0.2, 0.25) is 0 Å². The van der Waals surface area contributed by atoms with Crippen molar-refractivity contribution >= 4 is 39.4 Å². The van der Waals surface area contributed by atoms with E-state index in [1.54, 1.807) is 68.4 Å². The number of Topliss-reactive ketones (excluding diaryl/α,β-unsaturated/α-hetero) is 2. The van der Waals surface area contributed by atoms with E-state index in [2.05, 4.69) is 29.1 Å². The van der Waals surface area contributed by atoms with Gasteiger partial charge in [0.15, 0.2) is 11.6 Å². The van der Waals surface area contributed by atoms with Crippen molar-refractivity contribution in [1.82, 2.24) is 0 Å². The number of benzene rings is 2. The van der Waals surface area contributed by atoms with Crippen LogP contribution in [-0.4, -0.2) is 52.8 Å². The second kappa shape index (κ2) is 29.2. The maximum atomic E-state index is 13.7. The topological polar surface area (TPSA) is 110 Å². The zero-order chi connectivity index (χ0) is 42.2. The van der Waals surface area contributed by atoms with Crippen molar-refractivity contribution in [2.75, 3.05) is 12.5 Å². The van der Waals surface area contributed by atoms with E-state index < -0.39 is 76.6 Å². The molecule has 0 saturated carbocycles. The Labute approximate surface area is 364 Å². The Balaban J connectivity index is -0.000000353. The summed E-state index contributed by atoms with van der Waals surface area (Å²) >= 11 is 3.13. The van der Waals surface area contributed by atoms with Gasteiger partial charge in [0.25, 0.3) is 0 Å². The number of halogens is 6. The average Bonchev–Trinajstić information content (AvgIpc) is 3.00. The van der Waals surface area contributed by atoms with Gasteiger partial charge in [-0.15, -0.1) is 18.8 Å². The second-order valence-electron chi connectivity index (χ2n) is 13.7. The predicted molar refractivity (Wildman–Crippen MR) is 196 cm³/mol. The van der Waals surface area contributed by atoms with Crippen molar-refractivity contribution in [3.63, 3.8) is 0 Å². The third-order valence-electron chi connectivity index (χ3n) is 5.16. The quantitative estimate of drug-likeness (QED) is 0.0623. The first kappa shape index (κ1) is 55.3. The maximum Gasteiger partial charge on any atom is 1.00 e. The van der Waals surface area contributed by atoms with Crippen LogP contribution < -0.4 is 56.5 Å². The molecule has 0 N–H and O–H groups in total. The van der Waals surface area contributed by atoms with Crippen molar-refractivity contribution < 1.29 is 108 Å². The molecule has 0 aromatic heterocycles. The van der Waals surface area contributed by atoms with Crippen LogP contribution in [0, 0.1) is 29.2 Å². The molecule has 0 aliphatic heterocycles. The molecule has 0 fully saturated rings. The van der Waals surface area contributed by atoms with Crippen LogP contribution in [0.2, 0.25) is 0 Å². The second-order valence-corrected chi connectivity index (χ2v) is 14.3. The van der Waals surface area contributed by atoms with Crippen LogP contribution in [0.4, 0.5) is 22.0 Å². The predicted octanol–water partition coefficient (Wildman–Crippen LogP) is 6.64. The Morgan fingerprint density at radius 2 is 1.17 bits per heavy atom. The Morgan fingerprint density at radius 1 is 0.792 bits per heavy atom. The molecule has 53 heavy (non-hydrogen) atoms. The summed E-state index contributed by atoms with van der Waals surface area (Å²) in [6.45, 7) is 22.1. The minimum absolute atomic E-state index is 0. The number of hydrogen-bond donors (Lipinski definition) is 0. The number of ether oxygens (including phenoxy) is 2. The summed E-state index contributed by atoms with van der Waals surface area (Å²) < 4.78 is 78.8. The number of allylic oxidation sites excluding steroid dienone is 2. The van der Waals surface area contributed by atoms with Gasteiger partial charge in [0, 0.05) is 17.7 Å². The molecule has 294 valence electrons. The monoisotopic (exact) mass is 847 g/mol. The van der Waals surface area contributed by atoms with Crippen LogP contribution in [0.5, 0.6) is 0 Å². The molecular weight excluding hydrogens is 794 g/mol. The van der Waals surface area contributed by atoms with E-state index in [1.165, 1.54) is 6.08 Å². The van der Waals surface area contributed by atoms with Crippen LogP contribution in [0.3, 0.4) is 0 Å². The van der Waals surface area contributed by atoms with Gasteiger partial charge >= 0.3 is 63.3 Å². The van der Waals surface area contributed by atoms with Gasteiger partial charge in [-0.2, -0.15) is 0 Å². The molecule has 2 rings (SSSR count). The third kappa shape index (κ3) is 33.0. The number of alkyl halides is 2. The smallest absolute Gasteiger partial charge is 0.850 e. The summed E-state index contributed by atoms with van der Waals surface area (Å²) in [6.07, 6.45) is 2.84. The standard InChI is InChI=1S/C17H20F2O3.C14H16F2O3.C4H9O.C3H5Br.CH3F.K/c1-5-6-11(9-15(20)22-17(2,3)4)16(21)13-10-12(18)7-8-14(13)19;1-14(2,3)19-13(18)7-6-12(17)10-8-9(15)4-5-11(10)16;1-4(2,3)5;1-2-3-4;1-2;/h5,7-8,10-11H,1,6,9H2,2-4H3;4-5,8H,6-7H2,1-3H3;1-3H3;2H,1,3H2;1H3;/q;;-1;;;+1/i;;;;1D;. The minimum Gasteiger partial charge on any atom is -0.850 e. The molecule has 7 nitrogen and oxygen atoms in total. The molecule has 0 aliphatic rings. The van der Waals surface area contributed by atoms with Gasteiger partial charge in [-0.1, -0.05) is 48.9 Å². The average molecular weight is 849 g/mol. The molecule has 0 heterocycles. The summed E-state index contributed by atoms with van der Waals surface area (Å²) in [5.74, 6) is -6.21. The fourth-order valence-corrected chi connectivity index (χ4v) is 3.43. The summed E-state index contributed by atoms with van der Waals surface area (Å²) in [6, 6.07) is 5.30. The van der Waals surface area contributed by atoms with Crippen molar-refractivity contribution in [3.8, 4) is 0 Å². The molecule has 2 aromatic rings. The van der Waals surface area contributed by atoms with Crippen LogP contribution in [0.15, 0.2) is 61.7 Å². The van der Waals surface area contributed by atoms with Crippen molar-refractivity contribution in [1.29, 1.82) is 0 Å². The van der Waals surface area contributed by atoms with E-state index in [0.29, 0.717) is 0 Å². The zero-order valence-electron chi connectivity index (χ0n) is 33.5. The van der Waals surface area contributed by atoms with Crippen LogP contribution in [-0.2, 0) is 19.1 Å². The first-order chi connectivity index (χ1) is 24.2. The number of ketones is 2. The summed E-state index contributed by atoms with van der Waals surface area (Å²) in [5.41, 5.74) is -2.77. The van der Waals surface area contributed by atoms with Crippen LogP contribution in [0.25, 0.3) is 0 Å². The molecule has 0 radical (unpaired) electrons. The third-order valence-corrected chi connectivity index (χ3v) is 5.62. The SMILES string of the molecule is C=CCBr.C=CCC(CC(=O)OC(C)(C)C)C(=O)c1cc(F)ccc1F.CC(C)(C)OC(=O)CCC(=O)c1cc(F)ccc1F.CC(C)(C)[O-].[2H]CF.[K+]. The van der Waals surface area contributed by atoms with Gasteiger partial charge in [-0.25, -0.2) is 17.6 Å². The van der Waals surface area contributed by atoms with Gasteiger partial charge in [0.05, 0.1) is 32.5 Å². The molecular formula is C39H53BrF5KO7. The molecule has 14 heteroatoms. The zero-order valence-corrected chi connectivity index (χ0v) is 37.2. The number of carbonyl (C=O) groups is 4. The Hall–Kier alpha value is -2.07. The van der Waals surface area contributed by atoms with Crippen molar-refractivity contribution in [2.45, 2.75) is 105 Å². The fourth-order valence-electron chi connectivity index (χ4n) is 3.43. The van der Waals surface area contributed by atoms with Gasteiger partial charge < -0.3 is 14.6 Å². The number of esters is 2. The normalized spacial score (nSPS) is 11.2. The molecule has 0 bridgehead atoms. The first-order valence-electron chi connectivity index (χ1n) is 16.6. The van der Waals surface area contributed by atoms with E-state index >= 15 is 0 Å². The molecule has 0 spiro atoms. The number of rotatable bonds is 11. The first-order valence-corrected chi connectivity index (χ1v) is 17.0.